The minimum absolute atomic E-state index is 0.00843. The summed E-state index contributed by atoms with van der Waals surface area (Å²) in [5, 5.41) is 2.87. The van der Waals surface area contributed by atoms with Gasteiger partial charge in [0.15, 0.2) is 0 Å². The van der Waals surface area contributed by atoms with Crippen LogP contribution in [0.4, 0.5) is 4.39 Å². The Morgan fingerprint density at radius 2 is 1.83 bits per heavy atom. The maximum absolute atomic E-state index is 12.9. The Bertz CT molecular complexity index is 912. The zero-order chi connectivity index (χ0) is 17.1. The summed E-state index contributed by atoms with van der Waals surface area (Å²) in [5.74, 6) is -0.350. The average molecular weight is 327 g/mol. The molecule has 0 aliphatic carbocycles. The van der Waals surface area contributed by atoms with Crippen LogP contribution in [0.5, 0.6) is 0 Å². The van der Waals surface area contributed by atoms with E-state index in [1.807, 2.05) is 19.1 Å². The number of aromatic nitrogens is 2. The molecule has 0 fully saturated rings. The number of hydrogen-bond acceptors (Lipinski definition) is 2. The van der Waals surface area contributed by atoms with Crippen LogP contribution < -0.4 is 11.0 Å². The summed E-state index contributed by atoms with van der Waals surface area (Å²) < 4.78 is 12.9. The number of carbonyl (C=O) groups is 1. The summed E-state index contributed by atoms with van der Waals surface area (Å²) in [6.45, 7) is 2.32. The molecule has 24 heavy (non-hydrogen) atoms. The van der Waals surface area contributed by atoms with Gasteiger partial charge in [0.1, 0.15) is 5.82 Å². The quantitative estimate of drug-likeness (QED) is 0.674. The van der Waals surface area contributed by atoms with Crippen LogP contribution in [0, 0.1) is 5.82 Å². The number of aromatic amines is 2. The van der Waals surface area contributed by atoms with Gasteiger partial charge < -0.3 is 15.3 Å². The number of rotatable bonds is 5. The van der Waals surface area contributed by atoms with Crippen LogP contribution in [0.25, 0.3) is 11.0 Å². The van der Waals surface area contributed by atoms with E-state index in [2.05, 4.69) is 15.3 Å². The van der Waals surface area contributed by atoms with Crippen LogP contribution in [-0.4, -0.2) is 15.9 Å². The molecule has 0 saturated carbocycles. The van der Waals surface area contributed by atoms with E-state index in [1.165, 1.54) is 12.1 Å². The SMILES string of the molecule is CC(CC(=O)NCc1ccc2[nH]c(=O)[nH]c2c1)c1ccc(F)cc1. The van der Waals surface area contributed by atoms with Crippen molar-refractivity contribution in [1.82, 2.24) is 15.3 Å². The van der Waals surface area contributed by atoms with Crippen molar-refractivity contribution in [2.24, 2.45) is 0 Å². The van der Waals surface area contributed by atoms with Gasteiger partial charge in [-0.05, 0) is 41.3 Å². The summed E-state index contributed by atoms with van der Waals surface area (Å²) in [6.07, 6.45) is 0.328. The largest absolute Gasteiger partial charge is 0.352 e. The molecule has 1 unspecified atom stereocenters. The molecular formula is C18H18FN3O2. The first-order valence-corrected chi connectivity index (χ1v) is 7.74. The van der Waals surface area contributed by atoms with Crippen LogP contribution >= 0.6 is 0 Å². The third kappa shape index (κ3) is 3.71. The zero-order valence-corrected chi connectivity index (χ0v) is 13.2. The average Bonchev–Trinajstić information content (AvgIpc) is 2.92. The lowest BCUT2D eigenvalue weighted by molar-refractivity contribution is -0.121. The molecule has 1 atom stereocenters. The first-order chi connectivity index (χ1) is 11.5. The van der Waals surface area contributed by atoms with E-state index in [0.717, 1.165) is 16.6 Å². The molecule has 1 aromatic heterocycles. The summed E-state index contributed by atoms with van der Waals surface area (Å²) >= 11 is 0. The molecule has 0 saturated heterocycles. The second-order valence-corrected chi connectivity index (χ2v) is 5.89. The third-order valence-electron chi connectivity index (χ3n) is 4.00. The molecule has 2 aromatic carbocycles. The van der Waals surface area contributed by atoms with Crippen molar-refractivity contribution in [2.75, 3.05) is 0 Å². The van der Waals surface area contributed by atoms with Crippen molar-refractivity contribution >= 4 is 16.9 Å². The fourth-order valence-electron chi connectivity index (χ4n) is 2.65. The number of nitrogens with one attached hydrogen (secondary N) is 3. The first-order valence-electron chi connectivity index (χ1n) is 7.74. The number of carbonyl (C=O) groups excluding carboxylic acids is 1. The van der Waals surface area contributed by atoms with Gasteiger partial charge in [-0.25, -0.2) is 9.18 Å². The Hall–Kier alpha value is -2.89. The Kier molecular flexibility index (Phi) is 4.46. The standard InChI is InChI=1S/C18H18FN3O2/c1-11(13-3-5-14(19)6-4-13)8-17(23)20-10-12-2-7-15-16(9-12)22-18(24)21-15/h2-7,9,11H,8,10H2,1H3,(H,20,23)(H2,21,22,24). The van der Waals surface area contributed by atoms with E-state index in [4.69, 9.17) is 0 Å². The number of fused-ring (bicyclic) bond motifs is 1. The van der Waals surface area contributed by atoms with Crippen molar-refractivity contribution in [3.05, 3.63) is 69.9 Å². The number of benzene rings is 2. The fourth-order valence-corrected chi connectivity index (χ4v) is 2.65. The zero-order valence-electron chi connectivity index (χ0n) is 13.2. The van der Waals surface area contributed by atoms with Gasteiger partial charge in [-0.1, -0.05) is 25.1 Å². The highest BCUT2D eigenvalue weighted by molar-refractivity contribution is 5.78. The summed E-state index contributed by atoms with van der Waals surface area (Å²) in [6, 6.07) is 11.7. The van der Waals surface area contributed by atoms with Gasteiger partial charge >= 0.3 is 5.69 Å². The van der Waals surface area contributed by atoms with E-state index in [1.54, 1.807) is 18.2 Å². The molecule has 1 amide bonds. The molecule has 0 radical (unpaired) electrons. The van der Waals surface area contributed by atoms with Gasteiger partial charge in [0.25, 0.3) is 0 Å². The van der Waals surface area contributed by atoms with Gasteiger partial charge in [-0.3, -0.25) is 4.79 Å². The van der Waals surface area contributed by atoms with Crippen LogP contribution in [0.3, 0.4) is 0 Å². The van der Waals surface area contributed by atoms with Crippen molar-refractivity contribution in [3.8, 4) is 0 Å². The van der Waals surface area contributed by atoms with E-state index in [0.29, 0.717) is 18.5 Å². The van der Waals surface area contributed by atoms with Gasteiger partial charge in [0, 0.05) is 13.0 Å². The Morgan fingerprint density at radius 3 is 2.58 bits per heavy atom. The molecule has 1 heterocycles. The second-order valence-electron chi connectivity index (χ2n) is 5.89. The molecule has 0 aliphatic rings. The number of hydrogen-bond donors (Lipinski definition) is 3. The molecule has 5 nitrogen and oxygen atoms in total. The monoisotopic (exact) mass is 327 g/mol. The lowest BCUT2D eigenvalue weighted by Crippen LogP contribution is -2.24. The van der Waals surface area contributed by atoms with Gasteiger partial charge in [0.05, 0.1) is 11.0 Å². The van der Waals surface area contributed by atoms with Crippen molar-refractivity contribution in [2.45, 2.75) is 25.8 Å². The molecule has 3 aromatic rings. The molecular weight excluding hydrogens is 309 g/mol. The molecule has 3 rings (SSSR count). The van der Waals surface area contributed by atoms with Crippen LogP contribution in [0.2, 0.25) is 0 Å². The molecule has 0 spiro atoms. The number of halogens is 1. The molecule has 3 N–H and O–H groups in total. The van der Waals surface area contributed by atoms with E-state index >= 15 is 0 Å². The van der Waals surface area contributed by atoms with E-state index < -0.39 is 0 Å². The summed E-state index contributed by atoms with van der Waals surface area (Å²) in [5.41, 5.74) is 3.03. The second kappa shape index (κ2) is 6.70. The van der Waals surface area contributed by atoms with Crippen LogP contribution in [-0.2, 0) is 11.3 Å². The highest BCUT2D eigenvalue weighted by atomic mass is 19.1. The van der Waals surface area contributed by atoms with Crippen molar-refractivity contribution < 1.29 is 9.18 Å². The summed E-state index contributed by atoms with van der Waals surface area (Å²) in [4.78, 5) is 28.7. The number of H-pyrrole nitrogens is 2. The van der Waals surface area contributed by atoms with Crippen LogP contribution in [0.15, 0.2) is 47.3 Å². The number of imidazole rings is 1. The smallest absolute Gasteiger partial charge is 0.323 e. The van der Waals surface area contributed by atoms with E-state index in [9.17, 15) is 14.0 Å². The van der Waals surface area contributed by atoms with Gasteiger partial charge in [-0.15, -0.1) is 0 Å². The Balaban J connectivity index is 1.57. The number of amides is 1. The normalized spacial score (nSPS) is 12.2. The van der Waals surface area contributed by atoms with Crippen LogP contribution in [0.1, 0.15) is 30.4 Å². The minimum atomic E-state index is -0.284. The molecule has 6 heteroatoms. The van der Waals surface area contributed by atoms with Crippen molar-refractivity contribution in [1.29, 1.82) is 0 Å². The van der Waals surface area contributed by atoms with E-state index in [-0.39, 0.29) is 23.3 Å². The third-order valence-corrected chi connectivity index (χ3v) is 4.00. The molecule has 0 aliphatic heterocycles. The maximum atomic E-state index is 12.9. The maximum Gasteiger partial charge on any atom is 0.323 e. The Morgan fingerprint density at radius 1 is 1.12 bits per heavy atom. The molecule has 124 valence electrons. The predicted molar refractivity (Wildman–Crippen MR) is 90.2 cm³/mol. The van der Waals surface area contributed by atoms with Crippen molar-refractivity contribution in [3.63, 3.8) is 0 Å². The lowest BCUT2D eigenvalue weighted by Gasteiger charge is -2.12. The fraction of sp³-hybridized carbons (Fsp3) is 0.222. The Labute approximate surface area is 137 Å². The highest BCUT2D eigenvalue weighted by Gasteiger charge is 2.11. The molecule has 0 bridgehead atoms. The predicted octanol–water partition coefficient (Wildman–Crippen LogP) is 2.81. The van der Waals surface area contributed by atoms with Gasteiger partial charge in [-0.2, -0.15) is 0 Å². The highest BCUT2D eigenvalue weighted by Crippen LogP contribution is 2.19. The lowest BCUT2D eigenvalue weighted by atomic mass is 9.97. The topological polar surface area (TPSA) is 77.8 Å². The first kappa shape index (κ1) is 16.0. The summed E-state index contributed by atoms with van der Waals surface area (Å²) in [7, 11) is 0. The minimum Gasteiger partial charge on any atom is -0.352 e. The van der Waals surface area contributed by atoms with Gasteiger partial charge in [0.2, 0.25) is 5.91 Å².